The number of nitrogens with one attached hydrogen (secondary N) is 2. The van der Waals surface area contributed by atoms with Crippen LogP contribution in [0, 0.1) is 0 Å². The minimum absolute atomic E-state index is 0.00390. The number of alkyl halides is 12. The van der Waals surface area contributed by atoms with Crippen LogP contribution in [0.15, 0.2) is 94.7 Å². The number of hydrogen-bond acceptors (Lipinski definition) is 4. The second kappa shape index (κ2) is 12.9. The number of halogens is 12. The topological polar surface area (TPSA) is 24.1 Å². The van der Waals surface area contributed by atoms with Gasteiger partial charge in [0.2, 0.25) is 0 Å². The Hall–Kier alpha value is -3.66. The first-order chi connectivity index (χ1) is 21.1. The highest BCUT2D eigenvalue weighted by atomic mass is 32.1. The zero-order valence-electron chi connectivity index (χ0n) is 22.7. The molecule has 2 nitrogen and oxygen atoms in total. The molecule has 0 aliphatic heterocycles. The van der Waals surface area contributed by atoms with Gasteiger partial charge in [0, 0.05) is 21.2 Å². The maximum Gasteiger partial charge on any atom is 0.416 e. The predicted octanol–water partition coefficient (Wildman–Crippen LogP) is 11.3. The fourth-order valence-corrected chi connectivity index (χ4v) is 5.01. The average molecular weight is 701 g/mol. The van der Waals surface area contributed by atoms with Crippen molar-refractivity contribution in [2.24, 2.45) is 0 Å². The van der Waals surface area contributed by atoms with Crippen LogP contribution in [0.4, 0.5) is 64.1 Å². The van der Waals surface area contributed by atoms with Gasteiger partial charge in [-0.25, -0.2) is 0 Å². The maximum absolute atomic E-state index is 13.9. The Morgan fingerprint density at radius 2 is 0.674 bits per heavy atom. The first-order valence-corrected chi connectivity index (χ1v) is 13.7. The summed E-state index contributed by atoms with van der Waals surface area (Å²) in [4.78, 5) is 0.229. The van der Waals surface area contributed by atoms with Gasteiger partial charge in [-0.05, 0) is 71.8 Å². The first kappa shape index (κ1) is 35.2. The fourth-order valence-electron chi connectivity index (χ4n) is 4.56. The highest BCUT2D eigenvalue weighted by Gasteiger charge is 2.41. The minimum Gasteiger partial charge on any atom is -0.375 e. The second-order valence-corrected chi connectivity index (χ2v) is 10.9. The van der Waals surface area contributed by atoms with Gasteiger partial charge in [-0.3, -0.25) is 0 Å². The molecule has 4 aromatic rings. The van der Waals surface area contributed by atoms with Gasteiger partial charge in [0.05, 0.1) is 34.3 Å². The Bertz CT molecular complexity index is 1510. The van der Waals surface area contributed by atoms with Gasteiger partial charge in [-0.15, -0.1) is 25.3 Å². The molecule has 0 aliphatic rings. The Kier molecular flexibility index (Phi) is 9.84. The van der Waals surface area contributed by atoms with Crippen LogP contribution in [0.5, 0.6) is 0 Å². The highest BCUT2D eigenvalue weighted by Crippen LogP contribution is 2.45. The van der Waals surface area contributed by atoms with Crippen LogP contribution in [-0.2, 0) is 24.7 Å². The van der Waals surface area contributed by atoms with Crippen molar-refractivity contribution < 1.29 is 52.7 Å². The van der Waals surface area contributed by atoms with Crippen molar-refractivity contribution in [3.8, 4) is 0 Å². The number of thiol groups is 2. The van der Waals surface area contributed by atoms with Gasteiger partial charge in [-0.1, -0.05) is 24.3 Å². The summed E-state index contributed by atoms with van der Waals surface area (Å²) >= 11 is 8.49. The predicted molar refractivity (Wildman–Crippen MR) is 153 cm³/mol. The van der Waals surface area contributed by atoms with Crippen LogP contribution in [0.3, 0.4) is 0 Å². The smallest absolute Gasteiger partial charge is 0.375 e. The van der Waals surface area contributed by atoms with E-state index < -0.39 is 70.2 Å². The molecule has 0 fully saturated rings. The van der Waals surface area contributed by atoms with E-state index in [0.29, 0.717) is 24.3 Å². The van der Waals surface area contributed by atoms with E-state index in [0.717, 1.165) is 0 Å². The lowest BCUT2D eigenvalue weighted by Gasteiger charge is -2.33. The Labute approximate surface area is 264 Å². The van der Waals surface area contributed by atoms with Crippen molar-refractivity contribution >= 4 is 36.6 Å². The maximum atomic E-state index is 13.9. The molecule has 0 aromatic heterocycles. The number of hydrogen-bond donors (Lipinski definition) is 4. The molecule has 2 atom stereocenters. The Balaban J connectivity index is 2.10. The van der Waals surface area contributed by atoms with Crippen molar-refractivity contribution in [2.45, 2.75) is 46.6 Å². The van der Waals surface area contributed by atoms with Gasteiger partial charge in [0.15, 0.2) is 0 Å². The van der Waals surface area contributed by atoms with Gasteiger partial charge >= 0.3 is 24.7 Å². The molecule has 2 unspecified atom stereocenters. The van der Waals surface area contributed by atoms with E-state index in [1.54, 1.807) is 0 Å². The zero-order valence-corrected chi connectivity index (χ0v) is 24.5. The molecule has 2 N–H and O–H groups in total. The van der Waals surface area contributed by atoms with E-state index in [1.165, 1.54) is 48.5 Å². The zero-order chi connectivity index (χ0) is 34.2. The van der Waals surface area contributed by atoms with E-state index in [2.05, 4.69) is 35.9 Å². The first-order valence-electron chi connectivity index (χ1n) is 12.8. The average Bonchev–Trinajstić information content (AvgIpc) is 2.94. The molecular formula is C30H20F12N2S2. The lowest BCUT2D eigenvalue weighted by Crippen LogP contribution is -2.28. The summed E-state index contributed by atoms with van der Waals surface area (Å²) in [7, 11) is 0. The Morgan fingerprint density at radius 3 is 0.913 bits per heavy atom. The normalized spacial score (nSPS) is 14.1. The summed E-state index contributed by atoms with van der Waals surface area (Å²) in [5.74, 6) is 0. The van der Waals surface area contributed by atoms with E-state index in [9.17, 15) is 52.7 Å². The van der Waals surface area contributed by atoms with Crippen molar-refractivity contribution in [2.75, 3.05) is 10.6 Å². The van der Waals surface area contributed by atoms with Gasteiger partial charge < -0.3 is 10.6 Å². The molecule has 0 amide bonds. The summed E-state index contributed by atoms with van der Waals surface area (Å²) in [5, 5.41) is 5.43. The molecular weight excluding hydrogens is 680 g/mol. The molecule has 4 aromatic carbocycles. The summed E-state index contributed by atoms with van der Waals surface area (Å²) in [6.07, 6.45) is -21.3. The molecule has 46 heavy (non-hydrogen) atoms. The van der Waals surface area contributed by atoms with Gasteiger partial charge in [-0.2, -0.15) is 52.7 Å². The lowest BCUT2D eigenvalue weighted by atomic mass is 9.88. The third kappa shape index (κ3) is 8.37. The van der Waals surface area contributed by atoms with Crippen molar-refractivity contribution in [3.05, 3.63) is 118 Å². The molecule has 16 heteroatoms. The van der Waals surface area contributed by atoms with Crippen molar-refractivity contribution in [3.63, 3.8) is 0 Å². The molecule has 0 saturated carbocycles. The largest absolute Gasteiger partial charge is 0.416 e. The number of benzene rings is 4. The lowest BCUT2D eigenvalue weighted by molar-refractivity contribution is -0.144. The van der Waals surface area contributed by atoms with E-state index >= 15 is 0 Å². The molecule has 0 saturated heterocycles. The third-order valence-corrected chi connectivity index (χ3v) is 7.48. The molecule has 4 rings (SSSR count). The summed E-state index contributed by atoms with van der Waals surface area (Å²) in [6, 6.07) is 8.57. The van der Waals surface area contributed by atoms with Gasteiger partial charge in [0.25, 0.3) is 0 Å². The van der Waals surface area contributed by atoms with Crippen LogP contribution in [0.25, 0.3) is 0 Å². The number of anilines is 2. The molecule has 0 radical (unpaired) electrons. The summed E-state index contributed by atoms with van der Waals surface area (Å²) in [6.45, 7) is 0. The van der Waals surface area contributed by atoms with E-state index in [4.69, 9.17) is 0 Å². The monoisotopic (exact) mass is 700 g/mol. The van der Waals surface area contributed by atoms with E-state index in [-0.39, 0.29) is 33.3 Å². The molecule has 246 valence electrons. The van der Waals surface area contributed by atoms with Gasteiger partial charge in [0.1, 0.15) is 0 Å². The molecule has 0 heterocycles. The standard InChI is InChI=1S/C30H20F12N2S2/c31-27(32,33)17-9-15(10-18(13-17)28(34,35)36)25(43-21-5-1-3-7-23(21)45)26(44-22-6-2-4-8-24(22)46)16-11-19(29(37,38)39)14-20(12-16)30(40,41)42/h1-14,25-26,43-46H. The van der Waals surface area contributed by atoms with Crippen LogP contribution in [0.2, 0.25) is 0 Å². The van der Waals surface area contributed by atoms with Crippen molar-refractivity contribution in [1.82, 2.24) is 0 Å². The van der Waals surface area contributed by atoms with Crippen LogP contribution in [0.1, 0.15) is 45.5 Å². The molecule has 0 aliphatic carbocycles. The minimum atomic E-state index is -5.32. The van der Waals surface area contributed by atoms with Crippen LogP contribution in [-0.4, -0.2) is 0 Å². The SMILES string of the molecule is FC(F)(F)c1cc(C(Nc2ccccc2S)C(Nc2ccccc2S)c2cc(C(F)(F)F)cc(C(F)(F)F)c2)cc(C(F)(F)F)c1. The molecule has 0 bridgehead atoms. The highest BCUT2D eigenvalue weighted by molar-refractivity contribution is 7.80. The summed E-state index contributed by atoms with van der Waals surface area (Å²) in [5.41, 5.74) is -8.55. The fraction of sp³-hybridized carbons (Fsp3) is 0.200. The van der Waals surface area contributed by atoms with Crippen LogP contribution < -0.4 is 10.6 Å². The number of rotatable bonds is 7. The number of para-hydroxylation sites is 2. The second-order valence-electron chi connectivity index (χ2n) is 9.96. The van der Waals surface area contributed by atoms with Crippen molar-refractivity contribution in [1.29, 1.82) is 0 Å². The Morgan fingerprint density at radius 1 is 0.413 bits per heavy atom. The third-order valence-electron chi connectivity index (χ3n) is 6.70. The quantitative estimate of drug-likeness (QED) is 0.114. The summed E-state index contributed by atoms with van der Waals surface area (Å²) < 4.78 is 167. The molecule has 0 spiro atoms. The van der Waals surface area contributed by atoms with Crippen LogP contribution >= 0.6 is 25.3 Å². The van der Waals surface area contributed by atoms with E-state index in [1.807, 2.05) is 0 Å².